The summed E-state index contributed by atoms with van der Waals surface area (Å²) in [5, 5.41) is 6.40. The van der Waals surface area contributed by atoms with Crippen molar-refractivity contribution in [3.05, 3.63) is 11.8 Å². The van der Waals surface area contributed by atoms with Gasteiger partial charge in [0.25, 0.3) is 5.91 Å². The highest BCUT2D eigenvalue weighted by atomic mass is 16.2. The van der Waals surface area contributed by atoms with Gasteiger partial charge in [-0.2, -0.15) is 5.10 Å². The molecule has 0 aliphatic heterocycles. The summed E-state index contributed by atoms with van der Waals surface area (Å²) < 4.78 is 0. The Kier molecular flexibility index (Phi) is 2.62. The molecule has 5 heteroatoms. The number of anilines is 1. The minimum atomic E-state index is -0.0221. The molecule has 1 fully saturated rings. The molecule has 0 spiro atoms. The number of nitrogens with zero attached hydrogens (tertiary/aromatic N) is 2. The highest BCUT2D eigenvalue weighted by Gasteiger charge is 2.24. The molecule has 0 radical (unpaired) electrons. The first-order valence-electron chi connectivity index (χ1n) is 5.26. The van der Waals surface area contributed by atoms with Crippen LogP contribution in [0.1, 0.15) is 36.2 Å². The van der Waals surface area contributed by atoms with E-state index >= 15 is 0 Å². The van der Waals surface area contributed by atoms with E-state index in [-0.39, 0.29) is 5.91 Å². The standard InChI is InChI=1S/C10H16N4O/c1-14(7-4-2-3-5-7)10(15)8-6-9(11)13-12-8/h6-7H,2-5H2,1H3,(H3,11,12,13). The minimum absolute atomic E-state index is 0.0221. The fourth-order valence-electron chi connectivity index (χ4n) is 2.09. The molecule has 1 amide bonds. The summed E-state index contributed by atoms with van der Waals surface area (Å²) in [7, 11) is 1.84. The van der Waals surface area contributed by atoms with E-state index in [0.29, 0.717) is 17.6 Å². The van der Waals surface area contributed by atoms with Crippen molar-refractivity contribution in [2.75, 3.05) is 12.8 Å². The van der Waals surface area contributed by atoms with E-state index in [9.17, 15) is 4.79 Å². The van der Waals surface area contributed by atoms with Gasteiger partial charge >= 0.3 is 0 Å². The normalized spacial score (nSPS) is 16.9. The van der Waals surface area contributed by atoms with E-state index in [1.54, 1.807) is 11.0 Å². The summed E-state index contributed by atoms with van der Waals surface area (Å²) in [5.41, 5.74) is 5.93. The van der Waals surface area contributed by atoms with Gasteiger partial charge in [-0.3, -0.25) is 9.89 Å². The molecule has 5 nitrogen and oxygen atoms in total. The fourth-order valence-corrected chi connectivity index (χ4v) is 2.09. The van der Waals surface area contributed by atoms with E-state index in [4.69, 9.17) is 5.73 Å². The maximum Gasteiger partial charge on any atom is 0.271 e. The number of hydrogen-bond acceptors (Lipinski definition) is 3. The van der Waals surface area contributed by atoms with Gasteiger partial charge < -0.3 is 10.6 Å². The summed E-state index contributed by atoms with van der Waals surface area (Å²) in [6.07, 6.45) is 4.64. The van der Waals surface area contributed by atoms with Crippen molar-refractivity contribution in [2.45, 2.75) is 31.7 Å². The zero-order valence-electron chi connectivity index (χ0n) is 8.86. The lowest BCUT2D eigenvalue weighted by Gasteiger charge is -2.23. The first-order chi connectivity index (χ1) is 7.18. The van der Waals surface area contributed by atoms with Gasteiger partial charge in [0.1, 0.15) is 11.5 Å². The van der Waals surface area contributed by atoms with Gasteiger partial charge in [-0.1, -0.05) is 12.8 Å². The van der Waals surface area contributed by atoms with Crippen LogP contribution in [0.25, 0.3) is 0 Å². The number of hydrogen-bond donors (Lipinski definition) is 2. The summed E-state index contributed by atoms with van der Waals surface area (Å²) in [6, 6.07) is 1.95. The van der Waals surface area contributed by atoms with Crippen LogP contribution >= 0.6 is 0 Å². The van der Waals surface area contributed by atoms with Crippen molar-refractivity contribution in [1.29, 1.82) is 0 Å². The van der Waals surface area contributed by atoms with Crippen molar-refractivity contribution in [3.63, 3.8) is 0 Å². The average Bonchev–Trinajstić information content (AvgIpc) is 2.85. The van der Waals surface area contributed by atoms with Gasteiger partial charge in [0.15, 0.2) is 0 Å². The van der Waals surface area contributed by atoms with Gasteiger partial charge in [-0.05, 0) is 12.8 Å². The predicted octanol–water partition coefficient (Wildman–Crippen LogP) is 1.01. The van der Waals surface area contributed by atoms with E-state index in [2.05, 4.69) is 10.2 Å². The van der Waals surface area contributed by atoms with Gasteiger partial charge in [-0.25, -0.2) is 0 Å². The molecule has 82 valence electrons. The highest BCUT2D eigenvalue weighted by Crippen LogP contribution is 2.23. The molecule has 1 aliphatic carbocycles. The molecule has 1 heterocycles. The molecule has 3 N–H and O–H groups in total. The lowest BCUT2D eigenvalue weighted by molar-refractivity contribution is 0.0729. The van der Waals surface area contributed by atoms with E-state index in [1.165, 1.54) is 12.8 Å². The van der Waals surface area contributed by atoms with Crippen LogP contribution in [0.2, 0.25) is 0 Å². The van der Waals surface area contributed by atoms with E-state index < -0.39 is 0 Å². The molecule has 1 saturated carbocycles. The van der Waals surface area contributed by atoms with Crippen LogP contribution in [-0.2, 0) is 0 Å². The number of aromatic nitrogens is 2. The van der Waals surface area contributed by atoms with Gasteiger partial charge in [0.05, 0.1) is 0 Å². The van der Waals surface area contributed by atoms with Gasteiger partial charge in [-0.15, -0.1) is 0 Å². The monoisotopic (exact) mass is 208 g/mol. The molecular formula is C10H16N4O. The SMILES string of the molecule is CN(C(=O)c1cc(N)n[nH]1)C1CCCC1. The van der Waals surface area contributed by atoms with Gasteiger partial charge in [0, 0.05) is 19.2 Å². The number of nitrogens with two attached hydrogens (primary N) is 1. The molecule has 2 rings (SSSR count). The van der Waals surface area contributed by atoms with Crippen LogP contribution in [0.3, 0.4) is 0 Å². The van der Waals surface area contributed by atoms with Crippen molar-refractivity contribution in [1.82, 2.24) is 15.1 Å². The highest BCUT2D eigenvalue weighted by molar-refractivity contribution is 5.93. The average molecular weight is 208 g/mol. The molecule has 0 unspecified atom stereocenters. The third-order valence-electron chi connectivity index (χ3n) is 3.02. The number of rotatable bonds is 2. The minimum Gasteiger partial charge on any atom is -0.382 e. The van der Waals surface area contributed by atoms with Crippen LogP contribution in [0.5, 0.6) is 0 Å². The zero-order valence-corrected chi connectivity index (χ0v) is 8.86. The van der Waals surface area contributed by atoms with Crippen LogP contribution in [0.4, 0.5) is 5.82 Å². The Morgan fingerprint density at radius 2 is 2.27 bits per heavy atom. The van der Waals surface area contributed by atoms with E-state index in [0.717, 1.165) is 12.8 Å². The maximum atomic E-state index is 11.9. The second-order valence-electron chi connectivity index (χ2n) is 4.06. The number of nitrogen functional groups attached to an aromatic ring is 1. The Morgan fingerprint density at radius 3 is 2.80 bits per heavy atom. The second-order valence-corrected chi connectivity index (χ2v) is 4.06. The Hall–Kier alpha value is -1.52. The maximum absolute atomic E-state index is 11.9. The fraction of sp³-hybridized carbons (Fsp3) is 0.600. The zero-order chi connectivity index (χ0) is 10.8. The predicted molar refractivity (Wildman–Crippen MR) is 57.3 cm³/mol. The topological polar surface area (TPSA) is 75.0 Å². The molecule has 1 aliphatic rings. The Balaban J connectivity index is 2.06. The molecule has 1 aromatic rings. The molecular weight excluding hydrogens is 192 g/mol. The largest absolute Gasteiger partial charge is 0.382 e. The molecule has 0 bridgehead atoms. The first kappa shape index (κ1) is 10.0. The van der Waals surface area contributed by atoms with Crippen LogP contribution in [-0.4, -0.2) is 34.1 Å². The Labute approximate surface area is 88.6 Å². The number of H-pyrrole nitrogens is 1. The quantitative estimate of drug-likeness (QED) is 0.761. The van der Waals surface area contributed by atoms with Crippen molar-refractivity contribution >= 4 is 11.7 Å². The Bertz CT molecular complexity index is 354. The van der Waals surface area contributed by atoms with Crippen LogP contribution < -0.4 is 5.73 Å². The van der Waals surface area contributed by atoms with Crippen LogP contribution in [0, 0.1) is 0 Å². The lowest BCUT2D eigenvalue weighted by Crippen LogP contribution is -2.35. The number of carbonyl (C=O) groups excluding carboxylic acids is 1. The second kappa shape index (κ2) is 3.92. The summed E-state index contributed by atoms with van der Waals surface area (Å²) in [5.74, 6) is 0.337. The first-order valence-corrected chi connectivity index (χ1v) is 5.26. The number of amides is 1. The van der Waals surface area contributed by atoms with Gasteiger partial charge in [0.2, 0.25) is 0 Å². The molecule has 15 heavy (non-hydrogen) atoms. The lowest BCUT2D eigenvalue weighted by atomic mass is 10.2. The number of nitrogens with one attached hydrogen (secondary N) is 1. The molecule has 0 saturated heterocycles. The van der Waals surface area contributed by atoms with Crippen LogP contribution in [0.15, 0.2) is 6.07 Å². The summed E-state index contributed by atoms with van der Waals surface area (Å²) in [4.78, 5) is 13.7. The number of aromatic amines is 1. The third kappa shape index (κ3) is 1.95. The van der Waals surface area contributed by atoms with E-state index in [1.807, 2.05) is 7.05 Å². The molecule has 0 aromatic carbocycles. The van der Waals surface area contributed by atoms with Crippen molar-refractivity contribution in [3.8, 4) is 0 Å². The summed E-state index contributed by atoms with van der Waals surface area (Å²) in [6.45, 7) is 0. The molecule has 1 aromatic heterocycles. The number of carbonyl (C=O) groups is 1. The molecule has 0 atom stereocenters. The third-order valence-corrected chi connectivity index (χ3v) is 3.02. The van der Waals surface area contributed by atoms with Crippen molar-refractivity contribution in [2.24, 2.45) is 0 Å². The summed E-state index contributed by atoms with van der Waals surface area (Å²) >= 11 is 0. The smallest absolute Gasteiger partial charge is 0.271 e. The Morgan fingerprint density at radius 1 is 1.60 bits per heavy atom. The van der Waals surface area contributed by atoms with Crippen molar-refractivity contribution < 1.29 is 4.79 Å².